The van der Waals surface area contributed by atoms with E-state index in [0.29, 0.717) is 96.1 Å². The van der Waals surface area contributed by atoms with Gasteiger partial charge in [-0.2, -0.15) is 0 Å². The van der Waals surface area contributed by atoms with E-state index >= 15 is 0 Å². The molecule has 426 valence electrons. The molecule has 21 nitrogen and oxygen atoms in total. The summed E-state index contributed by atoms with van der Waals surface area (Å²) in [4.78, 5) is 91.8. The number of anilines is 1. The Morgan fingerprint density at radius 2 is 1.51 bits per heavy atom. The Hall–Kier alpha value is -5.42. The second-order valence-corrected chi connectivity index (χ2v) is 21.2. The molecule has 0 radical (unpaired) electrons. The minimum Gasteiger partial charge on any atom is -0.495 e. The minimum atomic E-state index is -1.78. The molecule has 2 saturated carbocycles. The van der Waals surface area contributed by atoms with Gasteiger partial charge in [-0.15, -0.1) is 0 Å². The summed E-state index contributed by atoms with van der Waals surface area (Å²) >= 11 is 6.86. The number of fused-ring (bicyclic) bond motifs is 5. The molecule has 4 bridgehead atoms. The molecule has 3 aliphatic heterocycles. The molecule has 1 aromatic carbocycles. The van der Waals surface area contributed by atoms with Crippen LogP contribution in [-0.4, -0.2) is 169 Å². The number of benzene rings is 1. The number of hydrogen-bond acceptors (Lipinski definition) is 16. The first-order valence-electron chi connectivity index (χ1n) is 26.6. The summed E-state index contributed by atoms with van der Waals surface area (Å²) in [6, 6.07) is 3.67. The quantitative estimate of drug-likeness (QED) is 0.0638. The average molecular weight is 1100 g/mol. The highest BCUT2D eigenvalue weighted by Crippen LogP contribution is 2.61. The van der Waals surface area contributed by atoms with Crippen molar-refractivity contribution in [2.75, 3.05) is 98.7 Å². The van der Waals surface area contributed by atoms with Gasteiger partial charge in [-0.05, 0) is 80.9 Å². The third-order valence-electron chi connectivity index (χ3n) is 15.3. The summed E-state index contributed by atoms with van der Waals surface area (Å²) < 4.78 is 45.6. The fraction of sp³-hybridized carbons (Fsp3) is 0.655. The van der Waals surface area contributed by atoms with Crippen LogP contribution in [0.5, 0.6) is 5.75 Å². The van der Waals surface area contributed by atoms with Crippen molar-refractivity contribution < 1.29 is 76.6 Å². The van der Waals surface area contributed by atoms with E-state index in [9.17, 15) is 38.7 Å². The van der Waals surface area contributed by atoms with Crippen molar-refractivity contribution in [3.63, 3.8) is 0 Å². The van der Waals surface area contributed by atoms with Gasteiger partial charge in [-0.3, -0.25) is 39.0 Å². The van der Waals surface area contributed by atoms with Crippen molar-refractivity contribution in [2.45, 2.75) is 109 Å². The number of nitrogens with one attached hydrogen (secondary N) is 3. The number of aliphatic hydroxyl groups is 1. The zero-order valence-corrected chi connectivity index (χ0v) is 46.0. The lowest BCUT2D eigenvalue weighted by molar-refractivity contribution is -0.161. The number of imide groups is 1. The summed E-state index contributed by atoms with van der Waals surface area (Å²) in [5.74, 6) is -2.20. The van der Waals surface area contributed by atoms with E-state index < -0.39 is 53.3 Å². The maximum absolute atomic E-state index is 14.4. The molecule has 2 aliphatic carbocycles. The number of hydrogen-bond donors (Lipinski definition) is 4. The smallest absolute Gasteiger partial charge is 0.409 e. The van der Waals surface area contributed by atoms with Gasteiger partial charge in [0, 0.05) is 70.6 Å². The molecule has 22 heteroatoms. The summed E-state index contributed by atoms with van der Waals surface area (Å²) in [6.45, 7) is 9.23. The summed E-state index contributed by atoms with van der Waals surface area (Å²) in [5, 5.41) is 20.4. The number of halogens is 1. The van der Waals surface area contributed by atoms with Crippen LogP contribution >= 0.6 is 11.6 Å². The second-order valence-electron chi connectivity index (χ2n) is 20.8. The molecule has 0 spiro atoms. The molecule has 1 unspecified atom stereocenters. The topological polar surface area (TPSA) is 256 Å². The second kappa shape index (κ2) is 29.0. The van der Waals surface area contributed by atoms with Gasteiger partial charge in [0.1, 0.15) is 29.1 Å². The van der Waals surface area contributed by atoms with E-state index in [4.69, 9.17) is 49.5 Å². The van der Waals surface area contributed by atoms with Crippen molar-refractivity contribution in [2.24, 2.45) is 29.1 Å². The Morgan fingerprint density at radius 1 is 0.870 bits per heavy atom. The normalized spacial score (nSPS) is 28.7. The fourth-order valence-electron chi connectivity index (χ4n) is 10.5. The van der Waals surface area contributed by atoms with Crippen LogP contribution in [0.1, 0.15) is 84.1 Å². The first-order valence-corrected chi connectivity index (χ1v) is 27.0. The molecule has 6 rings (SSSR count). The molecular formula is C55H78ClN5O16. The molecule has 77 heavy (non-hydrogen) atoms. The van der Waals surface area contributed by atoms with Gasteiger partial charge in [0.25, 0.3) is 11.8 Å². The van der Waals surface area contributed by atoms with Crippen molar-refractivity contribution in [1.29, 1.82) is 0 Å². The van der Waals surface area contributed by atoms with E-state index in [2.05, 4.69) is 16.0 Å². The third-order valence-corrected chi connectivity index (χ3v) is 15.7. The highest BCUT2D eigenvalue weighted by molar-refractivity contribution is 6.35. The summed E-state index contributed by atoms with van der Waals surface area (Å²) in [6.07, 6.45) is 8.18. The maximum Gasteiger partial charge on any atom is 0.409 e. The molecule has 0 aromatic heterocycles. The van der Waals surface area contributed by atoms with Gasteiger partial charge in [0.05, 0.1) is 78.0 Å². The Morgan fingerprint density at radius 3 is 2.16 bits per heavy atom. The number of rotatable bonds is 24. The Labute approximate surface area is 456 Å². The maximum atomic E-state index is 14.4. The Bertz CT molecular complexity index is 2320. The number of amides is 6. The van der Waals surface area contributed by atoms with Gasteiger partial charge >= 0.3 is 12.1 Å². The number of esters is 1. The number of nitrogens with zero attached hydrogens (tertiary/aromatic N) is 2. The van der Waals surface area contributed by atoms with Crippen molar-refractivity contribution in [3.05, 3.63) is 58.7 Å². The van der Waals surface area contributed by atoms with E-state index in [-0.39, 0.29) is 98.5 Å². The molecule has 3 heterocycles. The van der Waals surface area contributed by atoms with Crippen LogP contribution in [0.2, 0.25) is 5.02 Å². The molecule has 5 aliphatic rings. The predicted molar refractivity (Wildman–Crippen MR) is 281 cm³/mol. The molecule has 6 amide bonds. The molecular weight excluding hydrogens is 1020 g/mol. The third kappa shape index (κ3) is 17.3. The van der Waals surface area contributed by atoms with Gasteiger partial charge in [-0.25, -0.2) is 4.79 Å². The lowest BCUT2D eigenvalue weighted by Gasteiger charge is -2.42. The van der Waals surface area contributed by atoms with Crippen molar-refractivity contribution in [1.82, 2.24) is 20.9 Å². The minimum absolute atomic E-state index is 0.0190. The highest BCUT2D eigenvalue weighted by Gasteiger charge is 2.62. The largest absolute Gasteiger partial charge is 0.495 e. The van der Waals surface area contributed by atoms with Gasteiger partial charge in [0.2, 0.25) is 17.7 Å². The summed E-state index contributed by atoms with van der Waals surface area (Å²) in [7, 11) is 4.62. The number of carbonyl (C=O) groups is 7. The average Bonchev–Trinajstić information content (AvgIpc) is 4.09. The lowest BCUT2D eigenvalue weighted by atomic mass is 9.81. The number of alkyl carbamates (subject to hydrolysis) is 1. The van der Waals surface area contributed by atoms with Gasteiger partial charge in [-0.1, -0.05) is 49.2 Å². The van der Waals surface area contributed by atoms with Crippen LogP contribution in [0.25, 0.3) is 0 Å². The molecule has 4 N–H and O–H groups in total. The monoisotopic (exact) mass is 1100 g/mol. The van der Waals surface area contributed by atoms with Crippen molar-refractivity contribution in [3.8, 4) is 5.75 Å². The van der Waals surface area contributed by atoms with Crippen molar-refractivity contribution >= 4 is 58.9 Å². The van der Waals surface area contributed by atoms with Crippen LogP contribution in [-0.2, 0) is 68.3 Å². The molecule has 7 atom stereocenters. The fourth-order valence-corrected chi connectivity index (χ4v) is 10.8. The standard InChI is InChI=1S/C55H78ClN5O16/c1-35-8-7-9-44(71-6)55(69)33-43(76-53(68)59-55)36(2)40-32-54(40,3)45(31-50(66)60(4)41-29-38(28-35)30-42(70-5)51(41)56)77-52(67)39-12-10-37(11-13-39)34-58-47(63)17-20-72-22-24-74-26-27-75-25-23-73-21-18-57-46(62)16-19-61-48(64)14-15-49(61)65/h7-9,14-15,29-30,36-37,39-40,43-45,69H,10-13,16-28,31-34H2,1-6H3,(H,57,62)(H,58,63)(H,59,68)/b9-7+,35-8+/t36-,37?,39?,40-,43-,44?,45-,54-,55-/m0/s1. The van der Waals surface area contributed by atoms with E-state index in [1.807, 2.05) is 39.0 Å². The van der Waals surface area contributed by atoms with E-state index in [1.54, 1.807) is 19.2 Å². The Kier molecular flexibility index (Phi) is 22.9. The molecule has 1 saturated heterocycles. The molecule has 3 fully saturated rings. The van der Waals surface area contributed by atoms with Crippen LogP contribution in [0.15, 0.2) is 48.1 Å². The van der Waals surface area contributed by atoms with Crippen LogP contribution in [0.3, 0.4) is 0 Å². The molecule has 1 aromatic rings. The highest BCUT2D eigenvalue weighted by atomic mass is 35.5. The number of methoxy groups -OCH3 is 2. The zero-order chi connectivity index (χ0) is 55.7. The zero-order valence-electron chi connectivity index (χ0n) is 45.3. The van der Waals surface area contributed by atoms with Crippen LogP contribution in [0.4, 0.5) is 10.5 Å². The predicted octanol–water partition coefficient (Wildman–Crippen LogP) is 4.35. The number of carbonyl (C=O) groups excluding carboxylic acids is 7. The van der Waals surface area contributed by atoms with Gasteiger partial charge in [0.15, 0.2) is 5.72 Å². The van der Waals surface area contributed by atoms with Crippen LogP contribution in [0, 0.1) is 29.1 Å². The SMILES string of the molecule is COc1cc2cc(c1Cl)N(C)C(=O)C[C@H](OC(=O)C1CCC(CNC(=O)CCOCCOCCOCCOCCNC(=O)CCN3C(=O)C=CC3=O)CC1)[C@@]1(C)C[C@H]1[C@H](C)[C@@H]1C[C@@](O)(NC(=O)O1)C(OC)/C=C/C=C(\C)C2. The first-order chi connectivity index (χ1) is 36.8. The Balaban J connectivity index is 0.903. The van der Waals surface area contributed by atoms with E-state index in [1.165, 1.54) is 31.3 Å². The van der Waals surface area contributed by atoms with E-state index in [0.717, 1.165) is 16.0 Å². The summed E-state index contributed by atoms with van der Waals surface area (Å²) in [5.41, 5.74) is -0.220. The van der Waals surface area contributed by atoms with Crippen LogP contribution < -0.4 is 25.6 Å². The van der Waals surface area contributed by atoms with Gasteiger partial charge < -0.3 is 58.5 Å². The number of ether oxygens (including phenoxy) is 8. The first kappa shape index (κ1) is 60.8. The number of allylic oxidation sites excluding steroid dienone is 3. The lowest BCUT2D eigenvalue weighted by Crippen LogP contribution is -2.63.